The van der Waals surface area contributed by atoms with E-state index in [0.29, 0.717) is 4.12 Å². The highest BCUT2D eigenvalue weighted by molar-refractivity contribution is 6.88. The summed E-state index contributed by atoms with van der Waals surface area (Å²) in [6.45, 7) is 0. The maximum atomic E-state index is 15.6. The molecule has 0 aliphatic heterocycles. The molecule has 0 saturated carbocycles. The monoisotopic (exact) mass is 1150 g/mol. The molecule has 0 N–H and O–H groups in total. The smallest absolute Gasteiger partial charge is 0.419 e. The molecule has 66 heavy (non-hydrogen) atoms. The first-order valence-electron chi connectivity index (χ1n) is 13.4. The van der Waals surface area contributed by atoms with Crippen LogP contribution in [0.25, 0.3) is 0 Å². The molecule has 0 aliphatic carbocycles. The van der Waals surface area contributed by atoms with Gasteiger partial charge < -0.3 is 8.23 Å². The van der Waals surface area contributed by atoms with E-state index in [9.17, 15) is 158 Å². The van der Waals surface area contributed by atoms with Crippen molar-refractivity contribution in [2.45, 2.75) is 106 Å². The van der Waals surface area contributed by atoms with Crippen LogP contribution in [0.5, 0.6) is 0 Å². The quantitative estimate of drug-likeness (QED) is 0.0871. The van der Waals surface area contributed by atoms with Crippen LogP contribution in [0.1, 0.15) is 0 Å². The molecule has 1 radical (unpaired) electrons. The first kappa shape index (κ1) is 63.6. The van der Waals surface area contributed by atoms with E-state index >= 15 is 30.5 Å². The fourth-order valence-electron chi connectivity index (χ4n) is 3.79. The molecule has 0 atom stereocenters. The van der Waals surface area contributed by atoms with Crippen LogP contribution in [-0.4, -0.2) is 132 Å². The minimum absolute atomic E-state index is 0.680. The average Bonchev–Trinajstić information content (AvgIpc) is 3.01. The van der Waals surface area contributed by atoms with Crippen LogP contribution in [0.4, 0.5) is 189 Å². The van der Waals surface area contributed by atoms with Crippen molar-refractivity contribution in [3.8, 4) is 0 Å². The Kier molecular flexibility index (Phi) is 15.2. The molecule has 0 amide bonds. The molecule has 0 bridgehead atoms. The summed E-state index contributed by atoms with van der Waals surface area (Å²) in [5.74, 6) is -61.0. The zero-order valence-electron chi connectivity index (χ0n) is 27.6. The van der Waals surface area contributed by atoms with E-state index in [-0.39, 0.29) is 0 Å². The van der Waals surface area contributed by atoms with Gasteiger partial charge in [-0.1, -0.05) is 0 Å². The Labute approximate surface area is 330 Å². The zero-order valence-corrected chi connectivity index (χ0v) is 30.6. The van der Waals surface area contributed by atoms with Gasteiger partial charge in [0.2, 0.25) is 0 Å². The van der Waals surface area contributed by atoms with Crippen LogP contribution < -0.4 is 0 Å². The summed E-state index contributed by atoms with van der Waals surface area (Å²) in [5, 5.41) is 0. The van der Waals surface area contributed by atoms with Gasteiger partial charge in [0.25, 0.3) is 0 Å². The predicted molar refractivity (Wildman–Crippen MR) is 116 cm³/mol. The van der Waals surface area contributed by atoms with Gasteiger partial charge in [-0.05, 0) is 0 Å². The Bertz CT molecular complexity index is 1590. The first-order valence-corrected chi connectivity index (χ1v) is 18.5. The molecule has 397 valence electrons. The lowest BCUT2D eigenvalue weighted by molar-refractivity contribution is -0.375. The van der Waals surface area contributed by atoms with Gasteiger partial charge in [-0.3, -0.25) is 4.11 Å². The summed E-state index contributed by atoms with van der Waals surface area (Å²) < 4.78 is 598. The third-order valence-corrected chi connectivity index (χ3v) is 17.9. The van der Waals surface area contributed by atoms with Gasteiger partial charge in [-0.25, -0.2) is 26.3 Å². The third kappa shape index (κ3) is 8.14. The van der Waals surface area contributed by atoms with Crippen molar-refractivity contribution in [3.05, 3.63) is 0 Å². The molecule has 0 saturated heterocycles. The standard InChI is InChI=1S/C18F43O2Si3/c19-1(20,7(31,32)33)13(49,50)64(63-66(61,17(57,58)5(27,28)11(43,44)45)18(59,60)6(29,30)12(46,47)48)62-65(14(51,52)2(21,22)8(34,35)36,15(53,54)3(23,24)9(37,38)39)16(55,56)4(25,26)10(40,41)42. The van der Waals surface area contributed by atoms with Crippen LogP contribution in [-0.2, 0) is 8.23 Å². The van der Waals surface area contributed by atoms with E-state index in [4.69, 9.17) is 0 Å². The summed E-state index contributed by atoms with van der Waals surface area (Å²) >= 11 is 0. The fourth-order valence-corrected chi connectivity index (χ4v) is 14.9. The number of alkyl halides is 42. The van der Waals surface area contributed by atoms with Crippen LogP contribution in [0, 0.1) is 0 Å². The van der Waals surface area contributed by atoms with Gasteiger partial charge >= 0.3 is 132 Å². The zero-order chi connectivity index (χ0) is 55.0. The summed E-state index contributed by atoms with van der Waals surface area (Å²) in [6, 6.07) is 0. The maximum Gasteiger partial charge on any atom is 0.533 e. The van der Waals surface area contributed by atoms with Gasteiger partial charge in [-0.2, -0.15) is 158 Å². The SMILES string of the molecule is FC(F)(F)C(F)(F)C(F)(F)[Si](O[Si](F)(C(F)(F)C(F)(F)C(F)(F)F)C(F)(F)C(F)(F)C(F)(F)F)O[Si](C(F)(F)C(F)(F)C(F)(F)F)(C(F)(F)C(F)(F)C(F)(F)F)C(F)(F)C(F)(F)C(F)(F)F. The summed E-state index contributed by atoms with van der Waals surface area (Å²) in [6.07, 6.45) is -56.6. The average molecular weight is 1150 g/mol. The Morgan fingerprint density at radius 3 is 0.561 bits per heavy atom. The van der Waals surface area contributed by atoms with Crippen molar-refractivity contribution in [3.63, 3.8) is 0 Å². The number of hydrogen-bond donors (Lipinski definition) is 0. The molecule has 0 aliphatic rings. The maximum absolute atomic E-state index is 15.6. The Balaban J connectivity index is 10.7. The number of halogens is 43. The summed E-state index contributed by atoms with van der Waals surface area (Å²) in [4.78, 5) is 0. The molecule has 0 heterocycles. The highest BCUT2D eigenvalue weighted by Crippen LogP contribution is 2.69. The molecule has 0 aromatic heterocycles. The van der Waals surface area contributed by atoms with Crippen molar-refractivity contribution >= 4 is 26.3 Å². The molecule has 0 rings (SSSR count). The minimum atomic E-state index is -14.5. The Morgan fingerprint density at radius 1 is 0.227 bits per heavy atom. The lowest BCUT2D eigenvalue weighted by Crippen LogP contribution is -2.91. The Morgan fingerprint density at radius 2 is 0.394 bits per heavy atom. The largest absolute Gasteiger partial charge is 0.533 e. The molecule has 0 unspecified atom stereocenters. The second kappa shape index (κ2) is 15.8. The first-order chi connectivity index (χ1) is 27.6. The lowest BCUT2D eigenvalue weighted by atomic mass is 10.3. The fraction of sp³-hybridized carbons (Fsp3) is 1.00. The molecular weight excluding hydrogens is 1150 g/mol. The third-order valence-electron chi connectivity index (χ3n) is 7.37. The van der Waals surface area contributed by atoms with Gasteiger partial charge in [0.15, 0.2) is 0 Å². The van der Waals surface area contributed by atoms with Gasteiger partial charge in [0.1, 0.15) is 0 Å². The molecule has 0 aromatic rings. The molecule has 0 spiro atoms. The molecule has 0 aromatic carbocycles. The Hall–Kier alpha value is -2.44. The number of rotatable bonds is 16. The van der Waals surface area contributed by atoms with E-state index in [1.165, 1.54) is 0 Å². The topological polar surface area (TPSA) is 18.5 Å². The van der Waals surface area contributed by atoms with Crippen molar-refractivity contribution in [2.24, 2.45) is 0 Å². The van der Waals surface area contributed by atoms with E-state index in [1.54, 1.807) is 0 Å². The molecule has 48 heteroatoms. The van der Waals surface area contributed by atoms with Gasteiger partial charge in [0.05, 0.1) is 0 Å². The van der Waals surface area contributed by atoms with Crippen molar-refractivity contribution in [1.29, 1.82) is 0 Å². The second-order valence-corrected chi connectivity index (χ2v) is 20.2. The predicted octanol–water partition coefficient (Wildman–Crippen LogP) is 13.1. The lowest BCUT2D eigenvalue weighted by Gasteiger charge is -2.52. The van der Waals surface area contributed by atoms with E-state index < -0.39 is 132 Å². The van der Waals surface area contributed by atoms with Gasteiger partial charge in [-0.15, -0.1) is 0 Å². The summed E-state index contributed by atoms with van der Waals surface area (Å²) in [5.41, 5.74) is -64.9. The second-order valence-electron chi connectivity index (χ2n) is 11.6. The summed E-state index contributed by atoms with van der Waals surface area (Å²) in [7, 11) is -39.2. The van der Waals surface area contributed by atoms with Crippen molar-refractivity contribution < 1.29 is 197 Å². The van der Waals surface area contributed by atoms with Crippen LogP contribution >= 0.6 is 0 Å². The van der Waals surface area contributed by atoms with Crippen LogP contribution in [0.3, 0.4) is 0 Å². The van der Waals surface area contributed by atoms with Crippen molar-refractivity contribution in [2.75, 3.05) is 0 Å². The van der Waals surface area contributed by atoms with E-state index in [2.05, 4.69) is 0 Å². The van der Waals surface area contributed by atoms with Crippen LogP contribution in [0.2, 0.25) is 0 Å². The molecular formula is C18F43O2Si3. The van der Waals surface area contributed by atoms with Crippen LogP contribution in [0.15, 0.2) is 0 Å². The minimum Gasteiger partial charge on any atom is -0.419 e. The highest BCUT2D eigenvalue weighted by Gasteiger charge is 3.06. The molecule has 2 nitrogen and oxygen atoms in total. The number of hydrogen-bond acceptors (Lipinski definition) is 2. The molecule has 0 fully saturated rings. The highest BCUT2D eigenvalue weighted by atomic mass is 28.5. The van der Waals surface area contributed by atoms with E-state index in [1.807, 2.05) is 0 Å². The van der Waals surface area contributed by atoms with E-state index in [0.717, 1.165) is 4.12 Å². The van der Waals surface area contributed by atoms with Gasteiger partial charge in [0, 0.05) is 0 Å². The normalized spacial score (nSPS) is 17.3. The van der Waals surface area contributed by atoms with Crippen molar-refractivity contribution in [1.82, 2.24) is 0 Å².